The molecule has 0 unspecified atom stereocenters. The first-order valence-corrected chi connectivity index (χ1v) is 12.2. The lowest BCUT2D eigenvalue weighted by molar-refractivity contribution is 0.590. The molecular formula is C34H31N. The van der Waals surface area contributed by atoms with E-state index in [1.165, 1.54) is 27.8 Å². The van der Waals surface area contributed by atoms with Crippen LogP contribution >= 0.6 is 0 Å². The SMILES string of the molecule is CC(C)(C)c1ccc(N(c2ccc(-c3ccccc3)cc2)c2ccc(-c3ccccc3)cc2)cc1. The topological polar surface area (TPSA) is 3.24 Å². The first-order valence-electron chi connectivity index (χ1n) is 12.2. The van der Waals surface area contributed by atoms with Crippen LogP contribution in [0.15, 0.2) is 133 Å². The summed E-state index contributed by atoms with van der Waals surface area (Å²) >= 11 is 0. The van der Waals surface area contributed by atoms with Gasteiger partial charge in [-0.25, -0.2) is 0 Å². The Morgan fingerprint density at radius 1 is 0.371 bits per heavy atom. The lowest BCUT2D eigenvalue weighted by Gasteiger charge is -2.27. The zero-order valence-electron chi connectivity index (χ0n) is 20.6. The Bertz CT molecular complexity index is 1280. The number of nitrogens with zero attached hydrogens (tertiary/aromatic N) is 1. The Morgan fingerprint density at radius 2 is 0.686 bits per heavy atom. The van der Waals surface area contributed by atoms with Crippen molar-refractivity contribution >= 4 is 17.1 Å². The fourth-order valence-corrected chi connectivity index (χ4v) is 4.42. The van der Waals surface area contributed by atoms with Crippen LogP contribution < -0.4 is 4.90 Å². The maximum Gasteiger partial charge on any atom is 0.0462 e. The molecule has 0 aliphatic carbocycles. The summed E-state index contributed by atoms with van der Waals surface area (Å²) in [6, 6.07) is 47.7. The second-order valence-electron chi connectivity index (χ2n) is 9.96. The van der Waals surface area contributed by atoms with Gasteiger partial charge in [0, 0.05) is 17.1 Å². The number of anilines is 3. The van der Waals surface area contributed by atoms with Crippen LogP contribution in [0, 0.1) is 0 Å². The van der Waals surface area contributed by atoms with Gasteiger partial charge in [-0.2, -0.15) is 0 Å². The van der Waals surface area contributed by atoms with E-state index in [4.69, 9.17) is 0 Å². The average Bonchev–Trinajstić information content (AvgIpc) is 2.90. The molecule has 0 radical (unpaired) electrons. The van der Waals surface area contributed by atoms with E-state index >= 15 is 0 Å². The molecule has 0 aliphatic heterocycles. The summed E-state index contributed by atoms with van der Waals surface area (Å²) in [5, 5.41) is 0. The summed E-state index contributed by atoms with van der Waals surface area (Å²) in [4.78, 5) is 2.33. The predicted octanol–water partition coefficient (Wildman–Crippen LogP) is 9.79. The average molecular weight is 454 g/mol. The van der Waals surface area contributed by atoms with Crippen LogP contribution in [0.5, 0.6) is 0 Å². The van der Waals surface area contributed by atoms with Gasteiger partial charge in [0.15, 0.2) is 0 Å². The van der Waals surface area contributed by atoms with Gasteiger partial charge in [0.25, 0.3) is 0 Å². The van der Waals surface area contributed by atoms with Crippen LogP contribution in [-0.2, 0) is 5.41 Å². The van der Waals surface area contributed by atoms with Crippen LogP contribution in [0.25, 0.3) is 22.3 Å². The first kappa shape index (κ1) is 22.7. The zero-order valence-corrected chi connectivity index (χ0v) is 20.6. The normalized spacial score (nSPS) is 11.3. The third-order valence-corrected chi connectivity index (χ3v) is 6.46. The summed E-state index contributed by atoms with van der Waals surface area (Å²) in [5.41, 5.74) is 9.78. The minimum atomic E-state index is 0.123. The van der Waals surface area contributed by atoms with E-state index in [0.717, 1.165) is 17.1 Å². The van der Waals surface area contributed by atoms with Crippen molar-refractivity contribution in [3.05, 3.63) is 139 Å². The van der Waals surface area contributed by atoms with Crippen molar-refractivity contribution in [2.75, 3.05) is 4.90 Å². The molecule has 0 aliphatic rings. The van der Waals surface area contributed by atoms with Crippen LogP contribution in [0.3, 0.4) is 0 Å². The van der Waals surface area contributed by atoms with Gasteiger partial charge in [0.05, 0.1) is 0 Å². The summed E-state index contributed by atoms with van der Waals surface area (Å²) in [5.74, 6) is 0. The maximum absolute atomic E-state index is 2.33. The molecule has 172 valence electrons. The first-order chi connectivity index (χ1) is 17.0. The van der Waals surface area contributed by atoms with E-state index < -0.39 is 0 Å². The molecule has 0 saturated carbocycles. The highest BCUT2D eigenvalue weighted by atomic mass is 15.1. The molecule has 0 fully saturated rings. The second kappa shape index (κ2) is 9.64. The Morgan fingerprint density at radius 3 is 1.03 bits per heavy atom. The van der Waals surface area contributed by atoms with Gasteiger partial charge in [-0.3, -0.25) is 0 Å². The zero-order chi connectivity index (χ0) is 24.3. The van der Waals surface area contributed by atoms with E-state index in [1.807, 2.05) is 0 Å². The molecule has 0 spiro atoms. The second-order valence-corrected chi connectivity index (χ2v) is 9.96. The summed E-state index contributed by atoms with van der Waals surface area (Å²) < 4.78 is 0. The van der Waals surface area contributed by atoms with Crippen molar-refractivity contribution in [2.45, 2.75) is 26.2 Å². The maximum atomic E-state index is 2.33. The van der Waals surface area contributed by atoms with Crippen LogP contribution in [0.4, 0.5) is 17.1 Å². The summed E-state index contributed by atoms with van der Waals surface area (Å²) in [6.45, 7) is 6.76. The summed E-state index contributed by atoms with van der Waals surface area (Å²) in [6.07, 6.45) is 0. The molecule has 0 amide bonds. The number of benzene rings is 5. The minimum absolute atomic E-state index is 0.123. The Labute approximate surface area is 209 Å². The standard InChI is InChI=1S/C34H31N/c1-34(2,3)30-18-24-33(25-19-30)35(31-20-14-28(15-21-31)26-10-6-4-7-11-26)32-22-16-29(17-23-32)27-12-8-5-9-13-27/h4-25H,1-3H3. The molecule has 1 heteroatoms. The molecule has 5 aromatic carbocycles. The fraction of sp³-hybridized carbons (Fsp3) is 0.118. The quantitative estimate of drug-likeness (QED) is 0.256. The molecule has 0 aromatic heterocycles. The lowest BCUT2D eigenvalue weighted by Crippen LogP contribution is -2.13. The fourth-order valence-electron chi connectivity index (χ4n) is 4.42. The Kier molecular flexibility index (Phi) is 6.25. The van der Waals surface area contributed by atoms with Gasteiger partial charge in [-0.1, -0.05) is 118 Å². The van der Waals surface area contributed by atoms with Gasteiger partial charge < -0.3 is 4.90 Å². The largest absolute Gasteiger partial charge is 0.311 e. The number of hydrogen-bond acceptors (Lipinski definition) is 1. The predicted molar refractivity (Wildman–Crippen MR) is 151 cm³/mol. The number of rotatable bonds is 5. The van der Waals surface area contributed by atoms with E-state index in [-0.39, 0.29) is 5.41 Å². The molecular weight excluding hydrogens is 422 g/mol. The van der Waals surface area contributed by atoms with Crippen molar-refractivity contribution < 1.29 is 0 Å². The van der Waals surface area contributed by atoms with E-state index in [2.05, 4.69) is 159 Å². The molecule has 1 nitrogen and oxygen atoms in total. The van der Waals surface area contributed by atoms with E-state index in [9.17, 15) is 0 Å². The molecule has 5 rings (SSSR count). The van der Waals surface area contributed by atoms with Crippen LogP contribution in [-0.4, -0.2) is 0 Å². The molecule has 35 heavy (non-hydrogen) atoms. The monoisotopic (exact) mass is 453 g/mol. The van der Waals surface area contributed by atoms with Crippen molar-refractivity contribution in [3.63, 3.8) is 0 Å². The third kappa shape index (κ3) is 5.05. The number of hydrogen-bond donors (Lipinski definition) is 0. The van der Waals surface area contributed by atoms with E-state index in [0.29, 0.717) is 0 Å². The highest BCUT2D eigenvalue weighted by Crippen LogP contribution is 2.37. The van der Waals surface area contributed by atoms with Gasteiger partial charge in [-0.05, 0) is 69.6 Å². The molecule has 0 saturated heterocycles. The van der Waals surface area contributed by atoms with Gasteiger partial charge in [0.1, 0.15) is 0 Å². The Balaban J connectivity index is 1.54. The van der Waals surface area contributed by atoms with Crippen molar-refractivity contribution in [3.8, 4) is 22.3 Å². The lowest BCUT2D eigenvalue weighted by atomic mass is 9.87. The molecule has 0 bridgehead atoms. The van der Waals surface area contributed by atoms with Gasteiger partial charge >= 0.3 is 0 Å². The van der Waals surface area contributed by atoms with Gasteiger partial charge in [0.2, 0.25) is 0 Å². The highest BCUT2D eigenvalue weighted by Gasteiger charge is 2.16. The van der Waals surface area contributed by atoms with Crippen molar-refractivity contribution in [1.29, 1.82) is 0 Å². The minimum Gasteiger partial charge on any atom is -0.311 e. The van der Waals surface area contributed by atoms with Crippen LogP contribution in [0.1, 0.15) is 26.3 Å². The van der Waals surface area contributed by atoms with Crippen molar-refractivity contribution in [1.82, 2.24) is 0 Å². The molecule has 0 N–H and O–H groups in total. The molecule has 5 aromatic rings. The summed E-state index contributed by atoms with van der Waals surface area (Å²) in [7, 11) is 0. The van der Waals surface area contributed by atoms with E-state index in [1.54, 1.807) is 0 Å². The Hall–Kier alpha value is -4.10. The third-order valence-electron chi connectivity index (χ3n) is 6.46. The van der Waals surface area contributed by atoms with Crippen molar-refractivity contribution in [2.24, 2.45) is 0 Å². The smallest absolute Gasteiger partial charge is 0.0462 e. The van der Waals surface area contributed by atoms with Gasteiger partial charge in [-0.15, -0.1) is 0 Å². The molecule has 0 heterocycles. The van der Waals surface area contributed by atoms with Crippen LogP contribution in [0.2, 0.25) is 0 Å². The molecule has 0 atom stereocenters. The highest BCUT2D eigenvalue weighted by molar-refractivity contribution is 5.79.